The molecule has 0 atom stereocenters. The number of hydrogen-bond donors (Lipinski definition) is 2. The van der Waals surface area contributed by atoms with Gasteiger partial charge in [-0.05, 0) is 49.4 Å². The lowest BCUT2D eigenvalue weighted by Crippen LogP contribution is -2.13. The number of halogens is 1. The number of hydrazone groups is 1. The molecule has 3 rings (SSSR count). The van der Waals surface area contributed by atoms with E-state index >= 15 is 0 Å². The van der Waals surface area contributed by atoms with Gasteiger partial charge in [-0.2, -0.15) is 5.10 Å². The normalized spacial score (nSPS) is 11.3. The van der Waals surface area contributed by atoms with E-state index in [0.29, 0.717) is 22.9 Å². The van der Waals surface area contributed by atoms with Crippen LogP contribution in [0.2, 0.25) is 5.02 Å². The first kappa shape index (κ1) is 23.0. The third kappa shape index (κ3) is 5.74. The molecule has 0 unspecified atom stereocenters. The largest absolute Gasteiger partial charge is 0.493 e. The van der Waals surface area contributed by atoms with Crippen molar-refractivity contribution in [3.8, 4) is 5.75 Å². The second-order valence-corrected chi connectivity index (χ2v) is 8.51. The molecule has 3 aromatic carbocycles. The third-order valence-electron chi connectivity index (χ3n) is 4.16. The zero-order chi connectivity index (χ0) is 23.1. The van der Waals surface area contributed by atoms with Crippen LogP contribution in [-0.2, 0) is 10.0 Å². The number of nitro benzene ring substituents is 1. The molecule has 0 saturated heterocycles. The molecule has 3 aromatic rings. The smallest absolute Gasteiger partial charge is 0.295 e. The molecule has 0 bridgehead atoms. The highest BCUT2D eigenvalue weighted by Gasteiger charge is 2.21. The Morgan fingerprint density at radius 1 is 1.12 bits per heavy atom. The number of hydrogen-bond acceptors (Lipinski definition) is 7. The molecule has 0 spiro atoms. The van der Waals surface area contributed by atoms with Crippen molar-refractivity contribution in [2.75, 3.05) is 16.8 Å². The summed E-state index contributed by atoms with van der Waals surface area (Å²) >= 11 is 5.87. The number of para-hydroxylation sites is 1. The number of benzene rings is 3. The van der Waals surface area contributed by atoms with Gasteiger partial charge in [0.05, 0.1) is 28.3 Å². The van der Waals surface area contributed by atoms with Crippen molar-refractivity contribution in [1.82, 2.24) is 0 Å². The predicted octanol–water partition coefficient (Wildman–Crippen LogP) is 4.89. The van der Waals surface area contributed by atoms with Crippen LogP contribution < -0.4 is 14.9 Å². The minimum Gasteiger partial charge on any atom is -0.493 e. The molecule has 166 valence electrons. The van der Waals surface area contributed by atoms with Crippen molar-refractivity contribution in [3.05, 3.63) is 87.4 Å². The number of rotatable bonds is 9. The Morgan fingerprint density at radius 2 is 1.91 bits per heavy atom. The topological polar surface area (TPSA) is 123 Å². The van der Waals surface area contributed by atoms with Gasteiger partial charge in [0.2, 0.25) is 0 Å². The van der Waals surface area contributed by atoms with Gasteiger partial charge in [-0.1, -0.05) is 29.8 Å². The van der Waals surface area contributed by atoms with Gasteiger partial charge < -0.3 is 4.74 Å². The average molecular weight is 475 g/mol. The Balaban J connectivity index is 1.84. The van der Waals surface area contributed by atoms with Gasteiger partial charge in [0.1, 0.15) is 11.4 Å². The van der Waals surface area contributed by atoms with E-state index in [0.717, 1.165) is 6.07 Å². The summed E-state index contributed by atoms with van der Waals surface area (Å²) in [5.74, 6) is 0.614. The molecule has 0 aliphatic carbocycles. The standard InChI is InChI=1S/C21H19ClN4O5S/c1-2-31-21-9-4-3-6-15(21)14-23-24-19-11-10-18(13-20(19)26(27)28)32(29,30)25-17-8-5-7-16(22)12-17/h3-14,24-25H,2H2,1H3. The fraction of sp³-hybridized carbons (Fsp3) is 0.0952. The van der Waals surface area contributed by atoms with Gasteiger partial charge in [-0.25, -0.2) is 8.42 Å². The van der Waals surface area contributed by atoms with E-state index < -0.39 is 20.6 Å². The molecule has 32 heavy (non-hydrogen) atoms. The van der Waals surface area contributed by atoms with E-state index in [9.17, 15) is 18.5 Å². The van der Waals surface area contributed by atoms with Crippen molar-refractivity contribution >= 4 is 44.9 Å². The quantitative estimate of drug-likeness (QED) is 0.258. The Bertz CT molecular complexity index is 1260. The molecule has 9 nitrogen and oxygen atoms in total. The number of anilines is 2. The van der Waals surface area contributed by atoms with Gasteiger partial charge in [-0.3, -0.25) is 20.3 Å². The predicted molar refractivity (Wildman–Crippen MR) is 124 cm³/mol. The van der Waals surface area contributed by atoms with Gasteiger partial charge >= 0.3 is 0 Å². The molecule has 0 amide bonds. The highest BCUT2D eigenvalue weighted by atomic mass is 35.5. The second kappa shape index (κ2) is 10.1. The fourth-order valence-corrected chi connectivity index (χ4v) is 4.00. The number of sulfonamides is 1. The Morgan fingerprint density at radius 3 is 2.62 bits per heavy atom. The molecular weight excluding hydrogens is 456 g/mol. The molecule has 0 aliphatic rings. The molecule has 0 saturated carbocycles. The van der Waals surface area contributed by atoms with Crippen LogP contribution in [0.15, 0.2) is 76.7 Å². The van der Waals surface area contributed by atoms with E-state index in [1.54, 1.807) is 30.3 Å². The van der Waals surface area contributed by atoms with E-state index in [1.165, 1.54) is 30.5 Å². The number of ether oxygens (including phenoxy) is 1. The molecule has 11 heteroatoms. The SMILES string of the molecule is CCOc1ccccc1C=NNc1ccc(S(=O)(=O)Nc2cccc(Cl)c2)cc1[N+](=O)[O-]. The Labute approximate surface area is 189 Å². The van der Waals surface area contributed by atoms with E-state index in [2.05, 4.69) is 15.2 Å². The summed E-state index contributed by atoms with van der Waals surface area (Å²) in [4.78, 5) is 10.6. The van der Waals surface area contributed by atoms with Crippen molar-refractivity contribution in [3.63, 3.8) is 0 Å². The second-order valence-electron chi connectivity index (χ2n) is 6.39. The summed E-state index contributed by atoms with van der Waals surface area (Å²) in [5, 5.41) is 15.9. The molecule has 0 heterocycles. The molecule has 2 N–H and O–H groups in total. The van der Waals surface area contributed by atoms with Crippen molar-refractivity contribution in [2.45, 2.75) is 11.8 Å². The van der Waals surface area contributed by atoms with Crippen LogP contribution in [0.5, 0.6) is 5.75 Å². The maximum Gasteiger partial charge on any atom is 0.295 e. The Kier molecular flexibility index (Phi) is 7.29. The fourth-order valence-electron chi connectivity index (χ4n) is 2.74. The summed E-state index contributed by atoms with van der Waals surface area (Å²) in [6, 6.07) is 16.8. The van der Waals surface area contributed by atoms with Gasteiger partial charge in [0.15, 0.2) is 0 Å². The zero-order valence-corrected chi connectivity index (χ0v) is 18.4. The Hall–Kier alpha value is -3.63. The van der Waals surface area contributed by atoms with E-state index in [-0.39, 0.29) is 16.3 Å². The van der Waals surface area contributed by atoms with Crippen LogP contribution in [0.25, 0.3) is 0 Å². The number of nitrogens with one attached hydrogen (secondary N) is 2. The molecule has 0 fully saturated rings. The first-order chi connectivity index (χ1) is 15.3. The number of nitrogens with zero attached hydrogens (tertiary/aromatic N) is 2. The van der Waals surface area contributed by atoms with Crippen LogP contribution in [0.1, 0.15) is 12.5 Å². The molecule has 0 aromatic heterocycles. The summed E-state index contributed by atoms with van der Waals surface area (Å²) < 4.78 is 33.2. The summed E-state index contributed by atoms with van der Waals surface area (Å²) in [6.45, 7) is 2.33. The highest BCUT2D eigenvalue weighted by molar-refractivity contribution is 7.92. The average Bonchev–Trinajstić information content (AvgIpc) is 2.75. The van der Waals surface area contributed by atoms with Crippen molar-refractivity contribution in [1.29, 1.82) is 0 Å². The van der Waals surface area contributed by atoms with Gasteiger partial charge in [0.25, 0.3) is 15.7 Å². The van der Waals surface area contributed by atoms with Gasteiger partial charge in [-0.15, -0.1) is 0 Å². The number of nitro groups is 1. The highest BCUT2D eigenvalue weighted by Crippen LogP contribution is 2.29. The summed E-state index contributed by atoms with van der Waals surface area (Å²) in [6.07, 6.45) is 1.46. The van der Waals surface area contributed by atoms with Crippen molar-refractivity contribution in [2.24, 2.45) is 5.10 Å². The van der Waals surface area contributed by atoms with Gasteiger partial charge in [0, 0.05) is 16.7 Å². The van der Waals surface area contributed by atoms with Crippen LogP contribution >= 0.6 is 11.6 Å². The van der Waals surface area contributed by atoms with Crippen molar-refractivity contribution < 1.29 is 18.1 Å². The molecular formula is C21H19ClN4O5S. The summed E-state index contributed by atoms with van der Waals surface area (Å²) in [5.41, 5.74) is 3.08. The lowest BCUT2D eigenvalue weighted by Gasteiger charge is -2.10. The lowest BCUT2D eigenvalue weighted by molar-refractivity contribution is -0.384. The monoisotopic (exact) mass is 474 g/mol. The minimum atomic E-state index is -4.07. The van der Waals surface area contributed by atoms with Crippen LogP contribution in [0, 0.1) is 10.1 Å². The zero-order valence-electron chi connectivity index (χ0n) is 16.9. The maximum atomic E-state index is 12.7. The molecule has 0 radical (unpaired) electrons. The first-order valence-electron chi connectivity index (χ1n) is 9.38. The van der Waals surface area contributed by atoms with Crippen LogP contribution in [0.3, 0.4) is 0 Å². The van der Waals surface area contributed by atoms with Crippen LogP contribution in [-0.4, -0.2) is 26.2 Å². The van der Waals surface area contributed by atoms with E-state index in [4.69, 9.17) is 16.3 Å². The lowest BCUT2D eigenvalue weighted by atomic mass is 10.2. The third-order valence-corrected chi connectivity index (χ3v) is 5.77. The summed E-state index contributed by atoms with van der Waals surface area (Å²) in [7, 11) is -4.07. The maximum absolute atomic E-state index is 12.7. The van der Waals surface area contributed by atoms with Crippen LogP contribution in [0.4, 0.5) is 17.1 Å². The first-order valence-corrected chi connectivity index (χ1v) is 11.2. The van der Waals surface area contributed by atoms with E-state index in [1.807, 2.05) is 13.0 Å². The minimum absolute atomic E-state index is 0.0295. The molecule has 0 aliphatic heterocycles.